The summed E-state index contributed by atoms with van der Waals surface area (Å²) >= 11 is 0. The summed E-state index contributed by atoms with van der Waals surface area (Å²) in [6.45, 7) is 6.78. The third-order valence-electron chi connectivity index (χ3n) is 5.18. The van der Waals surface area contributed by atoms with E-state index in [0.717, 1.165) is 11.1 Å². The molecule has 0 saturated carbocycles. The van der Waals surface area contributed by atoms with E-state index in [1.165, 1.54) is 0 Å². The fourth-order valence-corrected chi connectivity index (χ4v) is 3.53. The lowest BCUT2D eigenvalue weighted by Crippen LogP contribution is -2.46. The predicted molar refractivity (Wildman–Crippen MR) is 117 cm³/mol. The minimum atomic E-state index is -0.501. The van der Waals surface area contributed by atoms with Crippen LogP contribution in [0.3, 0.4) is 0 Å². The van der Waals surface area contributed by atoms with E-state index in [9.17, 15) is 14.4 Å². The zero-order valence-corrected chi connectivity index (χ0v) is 18.2. The van der Waals surface area contributed by atoms with Crippen LogP contribution in [-0.4, -0.2) is 35.8 Å². The number of nitrogens with one attached hydrogen (secondary N) is 2. The molecular formula is C24H29N3O4. The lowest BCUT2D eigenvalue weighted by atomic mass is 9.86. The molecule has 0 bridgehead atoms. The van der Waals surface area contributed by atoms with Gasteiger partial charge in [-0.25, -0.2) is 0 Å². The Morgan fingerprint density at radius 1 is 1.03 bits per heavy atom. The summed E-state index contributed by atoms with van der Waals surface area (Å²) in [5.41, 5.74) is 6.67. The van der Waals surface area contributed by atoms with Crippen molar-refractivity contribution in [3.63, 3.8) is 0 Å². The average Bonchev–Trinajstić information content (AvgIpc) is 3.11. The molecule has 1 aliphatic heterocycles. The molecule has 0 aliphatic carbocycles. The smallest absolute Gasteiger partial charge is 0.276 e. The van der Waals surface area contributed by atoms with E-state index in [1.54, 1.807) is 4.90 Å². The Balaban J connectivity index is 1.46. The summed E-state index contributed by atoms with van der Waals surface area (Å²) in [5.74, 6) is -0.791. The monoisotopic (exact) mass is 423 g/mol. The first-order valence-corrected chi connectivity index (χ1v) is 10.4. The number of hydrogen-bond acceptors (Lipinski definition) is 4. The van der Waals surface area contributed by atoms with E-state index < -0.39 is 11.8 Å². The second-order valence-electron chi connectivity index (χ2n) is 8.73. The van der Waals surface area contributed by atoms with Crippen LogP contribution < -0.4 is 15.6 Å². The minimum absolute atomic E-state index is 0.0718. The molecule has 164 valence electrons. The second-order valence-corrected chi connectivity index (χ2v) is 8.73. The van der Waals surface area contributed by atoms with Crippen molar-refractivity contribution < 1.29 is 19.1 Å². The quantitative estimate of drug-likeness (QED) is 0.699. The van der Waals surface area contributed by atoms with Gasteiger partial charge < -0.3 is 9.64 Å². The van der Waals surface area contributed by atoms with Gasteiger partial charge in [0.15, 0.2) is 6.61 Å². The van der Waals surface area contributed by atoms with Gasteiger partial charge in [0.05, 0.1) is 5.92 Å². The Labute approximate surface area is 182 Å². The van der Waals surface area contributed by atoms with Crippen LogP contribution in [0, 0.1) is 5.92 Å². The Kier molecular flexibility index (Phi) is 6.95. The molecule has 0 spiro atoms. The Bertz CT molecular complexity index is 937. The maximum Gasteiger partial charge on any atom is 0.276 e. The van der Waals surface area contributed by atoms with E-state index in [4.69, 9.17) is 4.74 Å². The van der Waals surface area contributed by atoms with Gasteiger partial charge in [-0.3, -0.25) is 25.2 Å². The lowest BCUT2D eigenvalue weighted by molar-refractivity contribution is -0.132. The first-order valence-electron chi connectivity index (χ1n) is 10.4. The van der Waals surface area contributed by atoms with Crippen LogP contribution in [0.15, 0.2) is 54.6 Å². The summed E-state index contributed by atoms with van der Waals surface area (Å²) < 4.78 is 5.66. The van der Waals surface area contributed by atoms with Gasteiger partial charge in [-0.05, 0) is 22.6 Å². The highest BCUT2D eigenvalue weighted by Gasteiger charge is 2.34. The molecule has 3 rings (SSSR count). The molecule has 7 nitrogen and oxygen atoms in total. The average molecular weight is 424 g/mol. The summed E-state index contributed by atoms with van der Waals surface area (Å²) in [6.07, 6.45) is 0.129. The van der Waals surface area contributed by atoms with Crippen molar-refractivity contribution in [2.75, 3.05) is 13.2 Å². The Morgan fingerprint density at radius 3 is 2.42 bits per heavy atom. The molecule has 1 atom stereocenters. The van der Waals surface area contributed by atoms with Crippen LogP contribution in [0.2, 0.25) is 0 Å². The fraction of sp³-hybridized carbons (Fsp3) is 0.375. The molecule has 0 aromatic heterocycles. The van der Waals surface area contributed by atoms with Crippen molar-refractivity contribution in [1.82, 2.24) is 15.8 Å². The molecule has 31 heavy (non-hydrogen) atoms. The molecular weight excluding hydrogens is 394 g/mol. The zero-order chi connectivity index (χ0) is 22.4. The number of para-hydroxylation sites is 1. The number of hydrogen-bond donors (Lipinski definition) is 2. The molecule has 1 fully saturated rings. The van der Waals surface area contributed by atoms with Crippen molar-refractivity contribution in [2.45, 2.75) is 39.2 Å². The summed E-state index contributed by atoms with van der Waals surface area (Å²) in [4.78, 5) is 38.4. The van der Waals surface area contributed by atoms with Crippen LogP contribution in [0.1, 0.15) is 38.3 Å². The van der Waals surface area contributed by atoms with Crippen molar-refractivity contribution in [3.05, 3.63) is 65.7 Å². The van der Waals surface area contributed by atoms with Crippen LogP contribution in [-0.2, 0) is 26.3 Å². The van der Waals surface area contributed by atoms with Gasteiger partial charge in [0.25, 0.3) is 5.91 Å². The fourth-order valence-electron chi connectivity index (χ4n) is 3.53. The van der Waals surface area contributed by atoms with E-state index in [1.807, 2.05) is 54.6 Å². The SMILES string of the molecule is CC(C)(C)c1ccccc1OCC(=O)NNC(=O)C1CC(=O)N(Cc2ccccc2)C1. The first kappa shape index (κ1) is 22.3. The van der Waals surface area contributed by atoms with Gasteiger partial charge in [-0.15, -0.1) is 0 Å². The first-order chi connectivity index (χ1) is 14.7. The van der Waals surface area contributed by atoms with E-state index >= 15 is 0 Å². The molecule has 3 amide bonds. The number of rotatable bonds is 6. The molecule has 1 unspecified atom stereocenters. The van der Waals surface area contributed by atoms with Gasteiger partial charge in [-0.1, -0.05) is 69.3 Å². The zero-order valence-electron chi connectivity index (χ0n) is 18.2. The third kappa shape index (κ3) is 6.07. The molecule has 1 heterocycles. The highest BCUT2D eigenvalue weighted by Crippen LogP contribution is 2.30. The molecule has 2 N–H and O–H groups in total. The predicted octanol–water partition coefficient (Wildman–Crippen LogP) is 2.56. The molecule has 1 saturated heterocycles. The number of hydrazine groups is 1. The standard InChI is InChI=1S/C24H29N3O4/c1-24(2,3)19-11-7-8-12-20(19)31-16-21(28)25-26-23(30)18-13-22(29)27(15-18)14-17-9-5-4-6-10-17/h4-12,18H,13-16H2,1-3H3,(H,25,28)(H,26,30). The van der Waals surface area contributed by atoms with E-state index in [2.05, 4.69) is 31.6 Å². The number of amides is 3. The number of carbonyl (C=O) groups excluding carboxylic acids is 3. The highest BCUT2D eigenvalue weighted by molar-refractivity contribution is 5.90. The number of carbonyl (C=O) groups is 3. The second kappa shape index (κ2) is 9.64. The van der Waals surface area contributed by atoms with Crippen molar-refractivity contribution in [1.29, 1.82) is 0 Å². The van der Waals surface area contributed by atoms with Crippen LogP contribution in [0.5, 0.6) is 5.75 Å². The Hall–Kier alpha value is -3.35. The van der Waals surface area contributed by atoms with Crippen LogP contribution in [0.4, 0.5) is 0 Å². The van der Waals surface area contributed by atoms with Gasteiger partial charge in [0, 0.05) is 19.5 Å². The van der Waals surface area contributed by atoms with Crippen molar-refractivity contribution >= 4 is 17.7 Å². The normalized spacial score (nSPS) is 16.2. The van der Waals surface area contributed by atoms with E-state index in [-0.39, 0.29) is 30.3 Å². The van der Waals surface area contributed by atoms with Crippen molar-refractivity contribution in [3.8, 4) is 5.75 Å². The molecule has 1 aliphatic rings. The topological polar surface area (TPSA) is 87.7 Å². The lowest BCUT2D eigenvalue weighted by Gasteiger charge is -2.22. The van der Waals surface area contributed by atoms with E-state index in [0.29, 0.717) is 18.8 Å². The summed E-state index contributed by atoms with van der Waals surface area (Å²) in [7, 11) is 0. The highest BCUT2D eigenvalue weighted by atomic mass is 16.5. The van der Waals surface area contributed by atoms with Crippen molar-refractivity contribution in [2.24, 2.45) is 5.92 Å². The minimum Gasteiger partial charge on any atom is -0.483 e. The molecule has 2 aromatic carbocycles. The molecule has 7 heteroatoms. The van der Waals surface area contributed by atoms with Crippen LogP contribution >= 0.6 is 0 Å². The number of benzene rings is 2. The third-order valence-corrected chi connectivity index (χ3v) is 5.18. The summed E-state index contributed by atoms with van der Waals surface area (Å²) in [6, 6.07) is 17.2. The van der Waals surface area contributed by atoms with Crippen LogP contribution in [0.25, 0.3) is 0 Å². The van der Waals surface area contributed by atoms with Gasteiger partial charge in [0.2, 0.25) is 11.8 Å². The van der Waals surface area contributed by atoms with Gasteiger partial charge in [0.1, 0.15) is 5.75 Å². The number of ether oxygens (including phenoxy) is 1. The molecule has 0 radical (unpaired) electrons. The molecule has 2 aromatic rings. The largest absolute Gasteiger partial charge is 0.483 e. The van der Waals surface area contributed by atoms with Gasteiger partial charge >= 0.3 is 0 Å². The Morgan fingerprint density at radius 2 is 1.71 bits per heavy atom. The van der Waals surface area contributed by atoms with Gasteiger partial charge in [-0.2, -0.15) is 0 Å². The number of nitrogens with zero attached hydrogens (tertiary/aromatic N) is 1. The summed E-state index contributed by atoms with van der Waals surface area (Å²) in [5, 5.41) is 0. The maximum absolute atomic E-state index is 12.4. The maximum atomic E-state index is 12.4. The number of likely N-dealkylation sites (tertiary alicyclic amines) is 1.